The van der Waals surface area contributed by atoms with Crippen LogP contribution < -0.4 is 4.90 Å². The van der Waals surface area contributed by atoms with Crippen LogP contribution in [-0.2, 0) is 6.18 Å². The Labute approximate surface area is 121 Å². The zero-order valence-electron chi connectivity index (χ0n) is 11.0. The van der Waals surface area contributed by atoms with Crippen molar-refractivity contribution in [3.8, 4) is 0 Å². The van der Waals surface area contributed by atoms with Crippen molar-refractivity contribution >= 4 is 17.3 Å². The third kappa shape index (κ3) is 3.90. The van der Waals surface area contributed by atoms with Crippen LogP contribution in [0.1, 0.15) is 5.56 Å². The summed E-state index contributed by atoms with van der Waals surface area (Å²) in [4.78, 5) is 4.10. The minimum Gasteiger partial charge on any atom is -0.369 e. The summed E-state index contributed by atoms with van der Waals surface area (Å²) < 4.78 is 38.1. The molecule has 1 aromatic carbocycles. The largest absolute Gasteiger partial charge is 0.416 e. The number of alkyl halides is 3. The Kier molecular flexibility index (Phi) is 4.60. The Balaban J connectivity index is 2.02. The molecule has 0 aromatic heterocycles. The van der Waals surface area contributed by atoms with E-state index in [0.29, 0.717) is 30.4 Å². The maximum atomic E-state index is 12.7. The van der Waals surface area contributed by atoms with E-state index in [-0.39, 0.29) is 0 Å². The van der Waals surface area contributed by atoms with E-state index in [1.54, 1.807) is 6.07 Å². The molecular formula is C14H16ClF3N2. The van der Waals surface area contributed by atoms with E-state index in [1.807, 2.05) is 4.90 Å². The fourth-order valence-electron chi connectivity index (χ4n) is 2.29. The van der Waals surface area contributed by atoms with Gasteiger partial charge in [-0.3, -0.25) is 4.90 Å². The Hall–Kier alpha value is -1.20. The topological polar surface area (TPSA) is 6.48 Å². The average molecular weight is 305 g/mol. The number of rotatable bonds is 3. The molecule has 0 unspecified atom stereocenters. The van der Waals surface area contributed by atoms with Crippen LogP contribution in [0.25, 0.3) is 0 Å². The van der Waals surface area contributed by atoms with E-state index in [9.17, 15) is 13.2 Å². The molecule has 2 rings (SSSR count). The SMILES string of the molecule is C=C(Cl)CN1CCN(c2cccc(C(F)(F)F)c2)CC1. The highest BCUT2D eigenvalue weighted by Gasteiger charge is 2.31. The molecule has 2 nitrogen and oxygen atoms in total. The van der Waals surface area contributed by atoms with Crippen molar-refractivity contribution in [1.29, 1.82) is 0 Å². The molecule has 1 aliphatic rings. The van der Waals surface area contributed by atoms with Gasteiger partial charge >= 0.3 is 6.18 Å². The first-order valence-electron chi connectivity index (χ1n) is 6.34. The molecule has 0 aliphatic carbocycles. The number of benzene rings is 1. The van der Waals surface area contributed by atoms with Gasteiger partial charge < -0.3 is 4.90 Å². The van der Waals surface area contributed by atoms with Gasteiger partial charge in [0, 0.05) is 43.4 Å². The van der Waals surface area contributed by atoms with Crippen molar-refractivity contribution in [1.82, 2.24) is 4.90 Å². The van der Waals surface area contributed by atoms with Crippen molar-refractivity contribution in [2.75, 3.05) is 37.6 Å². The van der Waals surface area contributed by atoms with Gasteiger partial charge in [-0.1, -0.05) is 24.2 Å². The number of hydrogen-bond donors (Lipinski definition) is 0. The van der Waals surface area contributed by atoms with E-state index in [4.69, 9.17) is 11.6 Å². The molecule has 1 saturated heterocycles. The fourth-order valence-corrected chi connectivity index (χ4v) is 2.45. The molecule has 0 amide bonds. The summed E-state index contributed by atoms with van der Waals surface area (Å²) in [5.74, 6) is 0. The summed E-state index contributed by atoms with van der Waals surface area (Å²) in [6.07, 6.45) is -4.30. The first kappa shape index (κ1) is 15.2. The lowest BCUT2D eigenvalue weighted by atomic mass is 10.1. The molecule has 1 aromatic rings. The van der Waals surface area contributed by atoms with Gasteiger partial charge in [0.05, 0.1) is 5.56 Å². The lowest BCUT2D eigenvalue weighted by Crippen LogP contribution is -2.46. The van der Waals surface area contributed by atoms with Gasteiger partial charge in [0.1, 0.15) is 0 Å². The lowest BCUT2D eigenvalue weighted by molar-refractivity contribution is -0.137. The summed E-state index contributed by atoms with van der Waals surface area (Å²) in [5.41, 5.74) is 0.00994. The van der Waals surface area contributed by atoms with E-state index in [1.165, 1.54) is 12.1 Å². The van der Waals surface area contributed by atoms with E-state index < -0.39 is 11.7 Å². The molecule has 20 heavy (non-hydrogen) atoms. The number of nitrogens with zero attached hydrogens (tertiary/aromatic N) is 2. The monoisotopic (exact) mass is 304 g/mol. The van der Waals surface area contributed by atoms with Crippen LogP contribution in [0.15, 0.2) is 35.9 Å². The van der Waals surface area contributed by atoms with Gasteiger partial charge in [-0.15, -0.1) is 0 Å². The van der Waals surface area contributed by atoms with Gasteiger partial charge in [-0.05, 0) is 18.2 Å². The van der Waals surface area contributed by atoms with Crippen molar-refractivity contribution in [2.45, 2.75) is 6.18 Å². The van der Waals surface area contributed by atoms with Crippen LogP contribution in [0.3, 0.4) is 0 Å². The molecule has 0 bridgehead atoms. The quantitative estimate of drug-likeness (QED) is 0.842. The number of piperazine rings is 1. The standard InChI is InChI=1S/C14H16ClF3N2/c1-11(15)10-19-5-7-20(8-6-19)13-4-2-3-12(9-13)14(16,17)18/h2-4,9H,1,5-8,10H2. The van der Waals surface area contributed by atoms with Crippen LogP contribution >= 0.6 is 11.6 Å². The normalized spacial score (nSPS) is 17.3. The van der Waals surface area contributed by atoms with Gasteiger partial charge in [-0.25, -0.2) is 0 Å². The molecule has 0 radical (unpaired) electrons. The Morgan fingerprint density at radius 2 is 1.85 bits per heavy atom. The van der Waals surface area contributed by atoms with Crippen LogP contribution in [0.4, 0.5) is 18.9 Å². The number of anilines is 1. The van der Waals surface area contributed by atoms with Crippen LogP contribution in [0.2, 0.25) is 0 Å². The summed E-state index contributed by atoms with van der Waals surface area (Å²) in [7, 11) is 0. The maximum Gasteiger partial charge on any atom is 0.416 e. The molecule has 1 heterocycles. The van der Waals surface area contributed by atoms with Gasteiger partial charge in [-0.2, -0.15) is 13.2 Å². The lowest BCUT2D eigenvalue weighted by Gasteiger charge is -2.36. The fraction of sp³-hybridized carbons (Fsp3) is 0.429. The summed E-state index contributed by atoms with van der Waals surface area (Å²) in [6.45, 7) is 7.18. The summed E-state index contributed by atoms with van der Waals surface area (Å²) in [6, 6.07) is 5.46. The molecule has 0 N–H and O–H groups in total. The van der Waals surface area contributed by atoms with Crippen molar-refractivity contribution < 1.29 is 13.2 Å². The van der Waals surface area contributed by atoms with Crippen molar-refractivity contribution in [3.63, 3.8) is 0 Å². The zero-order chi connectivity index (χ0) is 14.8. The molecule has 1 aliphatic heterocycles. The second-order valence-corrected chi connectivity index (χ2v) is 5.36. The highest BCUT2D eigenvalue weighted by Crippen LogP contribution is 2.31. The van der Waals surface area contributed by atoms with Crippen LogP contribution in [0, 0.1) is 0 Å². The smallest absolute Gasteiger partial charge is 0.369 e. The first-order valence-corrected chi connectivity index (χ1v) is 6.72. The molecular weight excluding hydrogens is 289 g/mol. The summed E-state index contributed by atoms with van der Waals surface area (Å²) >= 11 is 5.76. The predicted octanol–water partition coefficient (Wildman–Crippen LogP) is 3.58. The third-order valence-electron chi connectivity index (χ3n) is 3.31. The van der Waals surface area contributed by atoms with Crippen molar-refractivity contribution in [2.24, 2.45) is 0 Å². The van der Waals surface area contributed by atoms with Crippen molar-refractivity contribution in [3.05, 3.63) is 41.4 Å². The third-order valence-corrected chi connectivity index (χ3v) is 3.43. The molecule has 0 spiro atoms. The minimum atomic E-state index is -4.30. The van der Waals surface area contributed by atoms with Gasteiger partial charge in [0.2, 0.25) is 0 Å². The molecule has 6 heteroatoms. The predicted molar refractivity (Wildman–Crippen MR) is 75.1 cm³/mol. The molecule has 0 saturated carbocycles. The van der Waals surface area contributed by atoms with E-state index in [2.05, 4.69) is 11.5 Å². The number of hydrogen-bond acceptors (Lipinski definition) is 2. The Morgan fingerprint density at radius 1 is 1.20 bits per heavy atom. The minimum absolute atomic E-state index is 0.581. The average Bonchev–Trinajstić information content (AvgIpc) is 2.38. The second-order valence-electron chi connectivity index (χ2n) is 4.83. The van der Waals surface area contributed by atoms with Crippen LogP contribution in [-0.4, -0.2) is 37.6 Å². The Morgan fingerprint density at radius 3 is 2.40 bits per heavy atom. The Bertz CT molecular complexity index is 480. The maximum absolute atomic E-state index is 12.7. The number of halogens is 4. The highest BCUT2D eigenvalue weighted by molar-refractivity contribution is 6.29. The summed E-state index contributed by atoms with van der Waals surface area (Å²) in [5, 5.41) is 0.581. The highest BCUT2D eigenvalue weighted by atomic mass is 35.5. The molecule has 1 fully saturated rings. The van der Waals surface area contributed by atoms with E-state index in [0.717, 1.165) is 19.2 Å². The van der Waals surface area contributed by atoms with Crippen LogP contribution in [0.5, 0.6) is 0 Å². The molecule has 110 valence electrons. The molecule has 0 atom stereocenters. The van der Waals surface area contributed by atoms with E-state index >= 15 is 0 Å². The first-order chi connectivity index (χ1) is 9.36. The van der Waals surface area contributed by atoms with Gasteiger partial charge in [0.25, 0.3) is 0 Å². The van der Waals surface area contributed by atoms with Gasteiger partial charge in [0.15, 0.2) is 0 Å². The second kappa shape index (κ2) is 6.06. The zero-order valence-corrected chi connectivity index (χ0v) is 11.7.